The minimum atomic E-state index is -0.980. The first-order valence-corrected chi connectivity index (χ1v) is 3.42. The van der Waals surface area contributed by atoms with Crippen molar-refractivity contribution in [3.05, 3.63) is 28.5 Å². The Balaban J connectivity index is 3.40. The number of rotatable bonds is 1. The number of nitrogens with zero attached hydrogens (tertiary/aromatic N) is 1. The smallest absolute Gasteiger partial charge is 0.338 e. The molecule has 3 nitrogen and oxygen atoms in total. The van der Waals surface area contributed by atoms with Crippen molar-refractivity contribution in [3.63, 3.8) is 0 Å². The zero-order chi connectivity index (χ0) is 8.43. The van der Waals surface area contributed by atoms with Crippen molar-refractivity contribution in [2.45, 2.75) is 0 Å². The highest BCUT2D eigenvalue weighted by atomic mass is 32.1. The highest BCUT2D eigenvalue weighted by Gasteiger charge is 2.03. The van der Waals surface area contributed by atoms with Crippen LogP contribution >= 0.6 is 12.2 Å². The summed E-state index contributed by atoms with van der Waals surface area (Å²) in [4.78, 5) is 10.5. The number of carbonyl (C=O) groups is 1. The Bertz CT molecular complexity index is 343. The van der Waals surface area contributed by atoms with E-state index in [1.807, 2.05) is 0 Å². The SMILES string of the molecule is Cn1cccc(C(=O)O)c1=S. The van der Waals surface area contributed by atoms with Gasteiger partial charge in [-0.05, 0) is 12.1 Å². The molecule has 1 rings (SSSR count). The predicted molar refractivity (Wildman–Crippen MR) is 43.2 cm³/mol. The maximum atomic E-state index is 10.5. The fraction of sp³-hybridized carbons (Fsp3) is 0.143. The van der Waals surface area contributed by atoms with Crippen LogP contribution in [-0.2, 0) is 7.05 Å². The molecule has 0 bridgehead atoms. The van der Waals surface area contributed by atoms with Gasteiger partial charge < -0.3 is 9.67 Å². The molecule has 0 amide bonds. The summed E-state index contributed by atoms with van der Waals surface area (Å²) in [7, 11) is 1.72. The molecule has 0 aliphatic carbocycles. The first-order chi connectivity index (χ1) is 5.13. The highest BCUT2D eigenvalue weighted by Crippen LogP contribution is 2.01. The molecule has 1 aromatic rings. The normalized spacial score (nSPS) is 9.55. The fourth-order valence-corrected chi connectivity index (χ4v) is 0.976. The summed E-state index contributed by atoms with van der Waals surface area (Å²) < 4.78 is 1.94. The molecular formula is C7H7NO2S. The largest absolute Gasteiger partial charge is 0.478 e. The molecule has 0 aliphatic rings. The summed E-state index contributed by atoms with van der Waals surface area (Å²) in [6.07, 6.45) is 1.72. The molecule has 1 aromatic heterocycles. The van der Waals surface area contributed by atoms with Crippen LogP contribution in [0.4, 0.5) is 0 Å². The maximum Gasteiger partial charge on any atom is 0.338 e. The Morgan fingerprint density at radius 1 is 1.73 bits per heavy atom. The Labute approximate surface area is 68.9 Å². The van der Waals surface area contributed by atoms with Crippen LogP contribution in [0.2, 0.25) is 0 Å². The number of aromatic carboxylic acids is 1. The molecule has 0 aromatic carbocycles. The van der Waals surface area contributed by atoms with Crippen molar-refractivity contribution in [1.82, 2.24) is 4.57 Å². The number of aromatic nitrogens is 1. The average molecular weight is 169 g/mol. The number of carboxylic acid groups (broad SMARTS) is 1. The van der Waals surface area contributed by atoms with E-state index >= 15 is 0 Å². The monoisotopic (exact) mass is 169 g/mol. The lowest BCUT2D eigenvalue weighted by Crippen LogP contribution is -2.02. The minimum Gasteiger partial charge on any atom is -0.478 e. The third-order valence-corrected chi connectivity index (χ3v) is 1.86. The summed E-state index contributed by atoms with van der Waals surface area (Å²) in [5.74, 6) is -0.980. The summed E-state index contributed by atoms with van der Waals surface area (Å²) in [6, 6.07) is 3.14. The summed E-state index contributed by atoms with van der Waals surface area (Å²) in [5.41, 5.74) is 0.171. The van der Waals surface area contributed by atoms with Crippen molar-refractivity contribution in [1.29, 1.82) is 0 Å². The van der Waals surface area contributed by atoms with Crippen LogP contribution in [0.15, 0.2) is 18.3 Å². The highest BCUT2D eigenvalue weighted by molar-refractivity contribution is 7.71. The molecule has 0 spiro atoms. The second-order valence-corrected chi connectivity index (χ2v) is 2.53. The Morgan fingerprint density at radius 2 is 2.36 bits per heavy atom. The first kappa shape index (κ1) is 7.94. The molecular weight excluding hydrogens is 162 g/mol. The number of carboxylic acids is 1. The van der Waals surface area contributed by atoms with E-state index in [9.17, 15) is 4.79 Å². The van der Waals surface area contributed by atoms with Gasteiger partial charge in [0.15, 0.2) is 0 Å². The van der Waals surface area contributed by atoms with Crippen LogP contribution in [0.5, 0.6) is 0 Å². The Hall–Kier alpha value is -1.16. The van der Waals surface area contributed by atoms with E-state index in [1.54, 1.807) is 23.9 Å². The second-order valence-electron chi connectivity index (χ2n) is 2.14. The summed E-state index contributed by atoms with van der Waals surface area (Å²) in [6.45, 7) is 0. The minimum absolute atomic E-state index is 0.171. The van der Waals surface area contributed by atoms with Gasteiger partial charge in [0.1, 0.15) is 4.64 Å². The lowest BCUT2D eigenvalue weighted by atomic mass is 10.3. The summed E-state index contributed by atoms with van der Waals surface area (Å²) in [5, 5.41) is 8.61. The van der Waals surface area contributed by atoms with Crippen molar-refractivity contribution in [3.8, 4) is 0 Å². The molecule has 0 aliphatic heterocycles. The topological polar surface area (TPSA) is 42.2 Å². The second kappa shape index (κ2) is 2.84. The van der Waals surface area contributed by atoms with Crippen molar-refractivity contribution < 1.29 is 9.90 Å². The molecule has 0 atom stereocenters. The van der Waals surface area contributed by atoms with E-state index in [0.717, 1.165) is 0 Å². The molecule has 0 radical (unpaired) electrons. The third kappa shape index (κ3) is 1.46. The lowest BCUT2D eigenvalue weighted by Gasteiger charge is -1.99. The van der Waals surface area contributed by atoms with E-state index < -0.39 is 5.97 Å². The van der Waals surface area contributed by atoms with Gasteiger partial charge in [-0.3, -0.25) is 0 Å². The molecule has 11 heavy (non-hydrogen) atoms. The first-order valence-electron chi connectivity index (χ1n) is 3.02. The Kier molecular flexibility index (Phi) is 2.05. The molecule has 0 unspecified atom stereocenters. The van der Waals surface area contributed by atoms with Crippen LogP contribution in [0.3, 0.4) is 0 Å². The van der Waals surface area contributed by atoms with Gasteiger partial charge in [-0.15, -0.1) is 0 Å². The number of hydrogen-bond acceptors (Lipinski definition) is 2. The number of aryl methyl sites for hydroxylation is 1. The van der Waals surface area contributed by atoms with Gasteiger partial charge in [-0.2, -0.15) is 0 Å². The maximum absolute atomic E-state index is 10.5. The van der Waals surface area contributed by atoms with Gasteiger partial charge in [0.2, 0.25) is 0 Å². The lowest BCUT2D eigenvalue weighted by molar-refractivity contribution is 0.0695. The molecule has 0 fully saturated rings. The van der Waals surface area contributed by atoms with Crippen molar-refractivity contribution in [2.75, 3.05) is 0 Å². The zero-order valence-corrected chi connectivity index (χ0v) is 6.76. The molecule has 58 valence electrons. The van der Waals surface area contributed by atoms with E-state index in [2.05, 4.69) is 0 Å². The molecule has 0 saturated carbocycles. The van der Waals surface area contributed by atoms with Gasteiger partial charge in [0, 0.05) is 13.2 Å². The van der Waals surface area contributed by atoms with E-state index in [-0.39, 0.29) is 5.56 Å². The van der Waals surface area contributed by atoms with Crippen LogP contribution in [0.1, 0.15) is 10.4 Å². The van der Waals surface area contributed by atoms with Crippen LogP contribution < -0.4 is 0 Å². The zero-order valence-electron chi connectivity index (χ0n) is 5.94. The fourth-order valence-electron chi connectivity index (χ4n) is 0.760. The molecule has 1 heterocycles. The van der Waals surface area contributed by atoms with Crippen LogP contribution in [0, 0.1) is 4.64 Å². The number of hydrogen-bond donors (Lipinski definition) is 1. The average Bonchev–Trinajstić information content (AvgIpc) is 1.94. The molecule has 4 heteroatoms. The van der Waals surface area contributed by atoms with E-state index in [1.165, 1.54) is 6.07 Å². The summed E-state index contributed by atoms with van der Waals surface area (Å²) >= 11 is 4.85. The van der Waals surface area contributed by atoms with Crippen molar-refractivity contribution in [2.24, 2.45) is 7.05 Å². The van der Waals surface area contributed by atoms with Crippen LogP contribution in [0.25, 0.3) is 0 Å². The van der Waals surface area contributed by atoms with Gasteiger partial charge in [0.05, 0.1) is 5.56 Å². The van der Waals surface area contributed by atoms with E-state index in [0.29, 0.717) is 4.64 Å². The molecule has 0 saturated heterocycles. The van der Waals surface area contributed by atoms with E-state index in [4.69, 9.17) is 17.3 Å². The van der Waals surface area contributed by atoms with Gasteiger partial charge in [-0.25, -0.2) is 4.79 Å². The number of pyridine rings is 1. The standard InChI is InChI=1S/C7H7NO2S/c1-8-4-2-3-5(6(8)11)7(9)10/h2-4H,1H3,(H,9,10). The molecule has 1 N–H and O–H groups in total. The van der Waals surface area contributed by atoms with Gasteiger partial charge >= 0.3 is 5.97 Å². The van der Waals surface area contributed by atoms with Gasteiger partial charge in [0.25, 0.3) is 0 Å². The van der Waals surface area contributed by atoms with Gasteiger partial charge in [-0.1, -0.05) is 12.2 Å². The predicted octanol–water partition coefficient (Wildman–Crippen LogP) is 1.45. The van der Waals surface area contributed by atoms with Crippen LogP contribution in [-0.4, -0.2) is 15.6 Å². The Morgan fingerprint density at radius 3 is 2.82 bits per heavy atom. The van der Waals surface area contributed by atoms with Crippen molar-refractivity contribution >= 4 is 18.2 Å². The quantitative estimate of drug-likeness (QED) is 0.647. The third-order valence-electron chi connectivity index (χ3n) is 1.35.